The second kappa shape index (κ2) is 7.06. The molecular formula is C12H14ClN3O2S. The number of halogens is 1. The van der Waals surface area contributed by atoms with Crippen molar-refractivity contribution in [3.05, 3.63) is 34.9 Å². The Morgan fingerprint density at radius 3 is 2.26 bits per heavy atom. The van der Waals surface area contributed by atoms with Crippen LogP contribution >= 0.6 is 23.8 Å². The number of hydrazine groups is 1. The predicted octanol–water partition coefficient (Wildman–Crippen LogP) is 1.63. The minimum Gasteiger partial charge on any atom is -0.302 e. The fourth-order valence-electron chi connectivity index (χ4n) is 1.07. The molecule has 0 aliphatic rings. The van der Waals surface area contributed by atoms with E-state index in [1.54, 1.807) is 38.1 Å². The first-order valence-electron chi connectivity index (χ1n) is 5.57. The largest absolute Gasteiger partial charge is 0.302 e. The molecule has 19 heavy (non-hydrogen) atoms. The summed E-state index contributed by atoms with van der Waals surface area (Å²) in [5.41, 5.74) is 5.25. The molecule has 0 spiro atoms. The van der Waals surface area contributed by atoms with E-state index in [0.29, 0.717) is 10.6 Å². The van der Waals surface area contributed by atoms with E-state index in [1.165, 1.54) is 0 Å². The van der Waals surface area contributed by atoms with E-state index in [0.717, 1.165) is 0 Å². The standard InChI is InChI=1S/C12H14ClN3O2S/c1-7(2)10(17)14-12(19)16-15-11(18)8-3-5-9(13)6-4-8/h3-7H,1-2H3,(H,15,18)(H2,14,16,17,19). The molecule has 0 saturated carbocycles. The van der Waals surface area contributed by atoms with Crippen molar-refractivity contribution in [3.8, 4) is 0 Å². The van der Waals surface area contributed by atoms with Gasteiger partial charge in [-0.25, -0.2) is 0 Å². The molecule has 1 rings (SSSR count). The molecule has 102 valence electrons. The van der Waals surface area contributed by atoms with Crippen LogP contribution in [0.15, 0.2) is 24.3 Å². The monoisotopic (exact) mass is 299 g/mol. The number of hydrogen-bond donors (Lipinski definition) is 3. The van der Waals surface area contributed by atoms with E-state index in [1.807, 2.05) is 0 Å². The average molecular weight is 300 g/mol. The molecule has 2 amide bonds. The van der Waals surface area contributed by atoms with E-state index in [9.17, 15) is 9.59 Å². The summed E-state index contributed by atoms with van der Waals surface area (Å²) in [5.74, 6) is -0.789. The minimum atomic E-state index is -0.377. The SMILES string of the molecule is CC(C)C(=O)NC(=S)NNC(=O)c1ccc(Cl)cc1. The fourth-order valence-corrected chi connectivity index (χ4v) is 1.35. The first kappa shape index (κ1) is 15.4. The van der Waals surface area contributed by atoms with Crippen LogP contribution in [0.3, 0.4) is 0 Å². The topological polar surface area (TPSA) is 70.2 Å². The lowest BCUT2D eigenvalue weighted by molar-refractivity contribution is -0.122. The summed E-state index contributed by atoms with van der Waals surface area (Å²) in [6.07, 6.45) is 0. The second-order valence-corrected chi connectivity index (χ2v) is 4.90. The molecule has 0 bridgehead atoms. The van der Waals surface area contributed by atoms with Crippen LogP contribution in [0, 0.1) is 5.92 Å². The third-order valence-electron chi connectivity index (χ3n) is 2.16. The van der Waals surface area contributed by atoms with Gasteiger partial charge in [0.25, 0.3) is 5.91 Å². The molecule has 0 heterocycles. The van der Waals surface area contributed by atoms with E-state index < -0.39 is 0 Å². The second-order valence-electron chi connectivity index (χ2n) is 4.06. The zero-order chi connectivity index (χ0) is 14.4. The average Bonchev–Trinajstić information content (AvgIpc) is 2.36. The molecule has 1 aromatic carbocycles. The van der Waals surface area contributed by atoms with Crippen LogP contribution in [-0.4, -0.2) is 16.9 Å². The van der Waals surface area contributed by atoms with E-state index in [4.69, 9.17) is 23.8 Å². The Morgan fingerprint density at radius 2 is 1.74 bits per heavy atom. The van der Waals surface area contributed by atoms with Gasteiger partial charge in [-0.15, -0.1) is 0 Å². The van der Waals surface area contributed by atoms with Gasteiger partial charge < -0.3 is 5.32 Å². The van der Waals surface area contributed by atoms with E-state index in [2.05, 4.69) is 16.2 Å². The summed E-state index contributed by atoms with van der Waals surface area (Å²) in [6, 6.07) is 6.37. The lowest BCUT2D eigenvalue weighted by Gasteiger charge is -2.11. The number of benzene rings is 1. The van der Waals surface area contributed by atoms with Crippen LogP contribution in [0.25, 0.3) is 0 Å². The molecule has 0 aromatic heterocycles. The van der Waals surface area contributed by atoms with Crippen molar-refractivity contribution in [3.63, 3.8) is 0 Å². The van der Waals surface area contributed by atoms with Gasteiger partial charge >= 0.3 is 0 Å². The predicted molar refractivity (Wildman–Crippen MR) is 77.6 cm³/mol. The summed E-state index contributed by atoms with van der Waals surface area (Å²) in [7, 11) is 0. The maximum Gasteiger partial charge on any atom is 0.269 e. The fraction of sp³-hybridized carbons (Fsp3) is 0.250. The van der Waals surface area contributed by atoms with Crippen molar-refractivity contribution in [2.24, 2.45) is 5.92 Å². The minimum absolute atomic E-state index is 0.0426. The molecule has 7 heteroatoms. The quantitative estimate of drug-likeness (QED) is 0.573. The van der Waals surface area contributed by atoms with Crippen LogP contribution in [0.1, 0.15) is 24.2 Å². The van der Waals surface area contributed by atoms with Gasteiger partial charge in [0.05, 0.1) is 0 Å². The number of hydrogen-bond acceptors (Lipinski definition) is 3. The van der Waals surface area contributed by atoms with E-state index in [-0.39, 0.29) is 22.8 Å². The van der Waals surface area contributed by atoms with Gasteiger partial charge in [0.1, 0.15) is 0 Å². The molecule has 0 fully saturated rings. The molecule has 0 aliphatic heterocycles. The van der Waals surface area contributed by atoms with E-state index >= 15 is 0 Å². The number of carbonyl (C=O) groups excluding carboxylic acids is 2. The Kier molecular flexibility index (Phi) is 5.72. The molecule has 0 atom stereocenters. The smallest absolute Gasteiger partial charge is 0.269 e. The Bertz CT molecular complexity index is 488. The normalized spacial score (nSPS) is 9.89. The summed E-state index contributed by atoms with van der Waals surface area (Å²) in [5, 5.41) is 3.03. The number of nitrogens with one attached hydrogen (secondary N) is 3. The van der Waals surface area contributed by atoms with Gasteiger partial charge in [-0.1, -0.05) is 25.4 Å². The van der Waals surface area contributed by atoms with Crippen LogP contribution < -0.4 is 16.2 Å². The lowest BCUT2D eigenvalue weighted by Crippen LogP contribution is -2.49. The van der Waals surface area contributed by atoms with Crippen molar-refractivity contribution >= 4 is 40.7 Å². The number of thiocarbonyl (C=S) groups is 1. The Balaban J connectivity index is 2.44. The molecule has 0 saturated heterocycles. The lowest BCUT2D eigenvalue weighted by atomic mass is 10.2. The van der Waals surface area contributed by atoms with Crippen molar-refractivity contribution in [1.82, 2.24) is 16.2 Å². The molecule has 0 unspecified atom stereocenters. The van der Waals surface area contributed by atoms with Crippen molar-refractivity contribution < 1.29 is 9.59 Å². The van der Waals surface area contributed by atoms with Crippen LogP contribution in [0.4, 0.5) is 0 Å². The number of carbonyl (C=O) groups is 2. The maximum atomic E-state index is 11.7. The highest BCUT2D eigenvalue weighted by Gasteiger charge is 2.10. The van der Waals surface area contributed by atoms with Crippen LogP contribution in [0.5, 0.6) is 0 Å². The molecular weight excluding hydrogens is 286 g/mol. The van der Waals surface area contributed by atoms with Gasteiger partial charge in [0.15, 0.2) is 5.11 Å². The molecule has 5 nitrogen and oxygen atoms in total. The summed E-state index contributed by atoms with van der Waals surface area (Å²) in [6.45, 7) is 3.48. The highest BCUT2D eigenvalue weighted by atomic mass is 35.5. The highest BCUT2D eigenvalue weighted by molar-refractivity contribution is 7.80. The van der Waals surface area contributed by atoms with Crippen molar-refractivity contribution in [1.29, 1.82) is 0 Å². The molecule has 0 radical (unpaired) electrons. The summed E-state index contributed by atoms with van der Waals surface area (Å²) < 4.78 is 0. The van der Waals surface area contributed by atoms with Crippen LogP contribution in [-0.2, 0) is 4.79 Å². The zero-order valence-electron chi connectivity index (χ0n) is 10.5. The molecule has 0 aliphatic carbocycles. The molecule has 1 aromatic rings. The van der Waals surface area contributed by atoms with Gasteiger partial charge in [-0.2, -0.15) is 0 Å². The third kappa shape index (κ3) is 5.23. The Hall–Kier alpha value is -1.66. The first-order valence-corrected chi connectivity index (χ1v) is 6.35. The van der Waals surface area contributed by atoms with Gasteiger partial charge in [0, 0.05) is 16.5 Å². The van der Waals surface area contributed by atoms with Crippen molar-refractivity contribution in [2.75, 3.05) is 0 Å². The van der Waals surface area contributed by atoms with Gasteiger partial charge in [-0.3, -0.25) is 20.4 Å². The number of rotatable bonds is 2. The van der Waals surface area contributed by atoms with Gasteiger partial charge in [-0.05, 0) is 36.5 Å². The first-order chi connectivity index (χ1) is 8.90. The summed E-state index contributed by atoms with van der Waals surface area (Å²) in [4.78, 5) is 23.0. The summed E-state index contributed by atoms with van der Waals surface area (Å²) >= 11 is 10.6. The molecule has 3 N–H and O–H groups in total. The van der Waals surface area contributed by atoms with Gasteiger partial charge in [0.2, 0.25) is 5.91 Å². The number of amides is 2. The van der Waals surface area contributed by atoms with Crippen molar-refractivity contribution in [2.45, 2.75) is 13.8 Å². The Morgan fingerprint density at radius 1 is 1.16 bits per heavy atom. The highest BCUT2D eigenvalue weighted by Crippen LogP contribution is 2.08. The Labute approximate surface area is 121 Å². The van der Waals surface area contributed by atoms with Crippen LogP contribution in [0.2, 0.25) is 5.02 Å². The third-order valence-corrected chi connectivity index (χ3v) is 2.61. The maximum absolute atomic E-state index is 11.7. The zero-order valence-corrected chi connectivity index (χ0v) is 12.1.